The van der Waals surface area contributed by atoms with Gasteiger partial charge < -0.3 is 15.5 Å². The molecule has 0 aromatic heterocycles. The van der Waals surface area contributed by atoms with E-state index in [0.717, 1.165) is 11.4 Å². The molecule has 4 heteroatoms. The third-order valence-electron chi connectivity index (χ3n) is 2.57. The Morgan fingerprint density at radius 3 is 2.44 bits per heavy atom. The van der Waals surface area contributed by atoms with E-state index in [1.54, 1.807) is 0 Å². The lowest BCUT2D eigenvalue weighted by atomic mass is 10.2. The molecule has 18 heavy (non-hydrogen) atoms. The van der Waals surface area contributed by atoms with Gasteiger partial charge in [-0.3, -0.25) is 4.79 Å². The van der Waals surface area contributed by atoms with Crippen LogP contribution in [0.3, 0.4) is 0 Å². The van der Waals surface area contributed by atoms with Crippen molar-refractivity contribution in [2.75, 3.05) is 24.3 Å². The van der Waals surface area contributed by atoms with Gasteiger partial charge in [0.05, 0.1) is 0 Å². The Morgan fingerprint density at radius 1 is 1.22 bits per heavy atom. The van der Waals surface area contributed by atoms with Crippen LogP contribution in [0.5, 0.6) is 0 Å². The molecule has 0 spiro atoms. The van der Waals surface area contributed by atoms with Gasteiger partial charge in [0.1, 0.15) is 6.04 Å². The van der Waals surface area contributed by atoms with Gasteiger partial charge in [-0.15, -0.1) is 0 Å². The molecule has 0 aliphatic carbocycles. The predicted octanol–water partition coefficient (Wildman–Crippen LogP) is 2.08. The van der Waals surface area contributed by atoms with Crippen molar-refractivity contribution in [1.29, 1.82) is 0 Å². The Bertz CT molecular complexity index is 402. The van der Waals surface area contributed by atoms with Crippen molar-refractivity contribution < 1.29 is 4.79 Å². The molecular weight excluding hydrogens is 226 g/mol. The summed E-state index contributed by atoms with van der Waals surface area (Å²) in [5, 5.41) is 6.09. The summed E-state index contributed by atoms with van der Waals surface area (Å²) in [6, 6.07) is 7.92. The van der Waals surface area contributed by atoms with E-state index >= 15 is 0 Å². The first-order chi connectivity index (χ1) is 8.40. The van der Waals surface area contributed by atoms with Gasteiger partial charge in [-0.05, 0) is 39.0 Å². The molecule has 4 nitrogen and oxygen atoms in total. The first kappa shape index (κ1) is 14.4. The number of benzene rings is 1. The quantitative estimate of drug-likeness (QED) is 0.839. The highest BCUT2D eigenvalue weighted by atomic mass is 16.2. The van der Waals surface area contributed by atoms with E-state index in [1.165, 1.54) is 0 Å². The molecule has 1 rings (SSSR count). The molecule has 0 fully saturated rings. The lowest BCUT2D eigenvalue weighted by Gasteiger charge is -2.19. The van der Waals surface area contributed by atoms with Gasteiger partial charge in [0.15, 0.2) is 0 Å². The predicted molar refractivity (Wildman–Crippen MR) is 77.1 cm³/mol. The minimum Gasteiger partial charge on any atom is -0.378 e. The Labute approximate surface area is 109 Å². The van der Waals surface area contributed by atoms with E-state index in [4.69, 9.17) is 0 Å². The number of carbonyl (C=O) groups excluding carboxylic acids is 1. The van der Waals surface area contributed by atoms with Gasteiger partial charge >= 0.3 is 0 Å². The molecule has 0 aliphatic rings. The Kier molecular flexibility index (Phi) is 5.01. The van der Waals surface area contributed by atoms with Gasteiger partial charge in [0.2, 0.25) is 5.91 Å². The summed E-state index contributed by atoms with van der Waals surface area (Å²) in [5.74, 6) is 0.0141. The normalized spacial score (nSPS) is 12.1. The van der Waals surface area contributed by atoms with Crippen molar-refractivity contribution in [3.8, 4) is 0 Å². The molecule has 1 unspecified atom stereocenters. The molecule has 0 radical (unpaired) electrons. The molecule has 1 amide bonds. The summed E-state index contributed by atoms with van der Waals surface area (Å²) in [7, 11) is 3.99. The molecule has 1 atom stereocenters. The maximum atomic E-state index is 11.8. The molecule has 1 aromatic carbocycles. The van der Waals surface area contributed by atoms with Crippen LogP contribution in [0, 0.1) is 0 Å². The van der Waals surface area contributed by atoms with Crippen LogP contribution < -0.4 is 15.5 Å². The van der Waals surface area contributed by atoms with Crippen LogP contribution in [0.15, 0.2) is 24.3 Å². The van der Waals surface area contributed by atoms with E-state index in [-0.39, 0.29) is 18.0 Å². The number of rotatable bonds is 5. The number of nitrogens with one attached hydrogen (secondary N) is 2. The van der Waals surface area contributed by atoms with Crippen molar-refractivity contribution in [2.24, 2.45) is 0 Å². The summed E-state index contributed by atoms with van der Waals surface area (Å²) in [6.45, 7) is 5.77. The van der Waals surface area contributed by atoms with Crippen LogP contribution in [0.2, 0.25) is 0 Å². The molecule has 0 saturated carbocycles. The zero-order valence-electron chi connectivity index (χ0n) is 11.8. The first-order valence-corrected chi connectivity index (χ1v) is 6.24. The largest absolute Gasteiger partial charge is 0.378 e. The third kappa shape index (κ3) is 4.28. The molecule has 100 valence electrons. The fraction of sp³-hybridized carbons (Fsp3) is 0.500. The fourth-order valence-corrected chi connectivity index (χ4v) is 1.60. The second kappa shape index (κ2) is 6.28. The minimum absolute atomic E-state index is 0.0141. The van der Waals surface area contributed by atoms with Gasteiger partial charge in [0, 0.05) is 31.5 Å². The van der Waals surface area contributed by atoms with E-state index in [2.05, 4.69) is 10.6 Å². The maximum Gasteiger partial charge on any atom is 0.242 e. The van der Waals surface area contributed by atoms with Gasteiger partial charge in [0.25, 0.3) is 0 Å². The molecule has 1 aromatic rings. The van der Waals surface area contributed by atoms with Crippen LogP contribution in [0.1, 0.15) is 20.8 Å². The first-order valence-electron chi connectivity index (χ1n) is 6.24. The lowest BCUT2D eigenvalue weighted by Crippen LogP contribution is -2.40. The number of carbonyl (C=O) groups is 1. The summed E-state index contributed by atoms with van der Waals surface area (Å²) in [4.78, 5) is 13.8. The average molecular weight is 249 g/mol. The summed E-state index contributed by atoms with van der Waals surface area (Å²) >= 11 is 0. The van der Waals surface area contributed by atoms with Crippen LogP contribution in [-0.4, -0.2) is 32.1 Å². The second-order valence-corrected chi connectivity index (χ2v) is 4.97. The van der Waals surface area contributed by atoms with Crippen molar-refractivity contribution in [2.45, 2.75) is 32.9 Å². The molecule has 0 bridgehead atoms. The standard InChI is InChI=1S/C14H23N3O/c1-10(2)15-14(18)11(3)16-12-7-6-8-13(9-12)17(4)5/h6-11,16H,1-5H3,(H,15,18). The van der Waals surface area contributed by atoms with Crippen molar-refractivity contribution >= 4 is 17.3 Å². The molecular formula is C14H23N3O. The third-order valence-corrected chi connectivity index (χ3v) is 2.57. The van der Waals surface area contributed by atoms with Crippen molar-refractivity contribution in [3.63, 3.8) is 0 Å². The Balaban J connectivity index is 2.66. The smallest absolute Gasteiger partial charge is 0.242 e. The SMILES string of the molecule is CC(C)NC(=O)C(C)Nc1cccc(N(C)C)c1. The van der Waals surface area contributed by atoms with E-state index < -0.39 is 0 Å². The lowest BCUT2D eigenvalue weighted by molar-refractivity contribution is -0.122. The average Bonchev–Trinajstić information content (AvgIpc) is 2.28. The van der Waals surface area contributed by atoms with Crippen LogP contribution in [0.25, 0.3) is 0 Å². The van der Waals surface area contributed by atoms with Gasteiger partial charge in [-0.1, -0.05) is 6.07 Å². The topological polar surface area (TPSA) is 44.4 Å². The van der Waals surface area contributed by atoms with Gasteiger partial charge in [-0.2, -0.15) is 0 Å². The number of amides is 1. The van der Waals surface area contributed by atoms with Gasteiger partial charge in [-0.25, -0.2) is 0 Å². The Morgan fingerprint density at radius 2 is 1.89 bits per heavy atom. The summed E-state index contributed by atoms with van der Waals surface area (Å²) in [5.41, 5.74) is 2.06. The van der Waals surface area contributed by atoms with Crippen molar-refractivity contribution in [3.05, 3.63) is 24.3 Å². The molecule has 0 saturated heterocycles. The highest BCUT2D eigenvalue weighted by Gasteiger charge is 2.13. The summed E-state index contributed by atoms with van der Waals surface area (Å²) < 4.78 is 0. The van der Waals surface area contributed by atoms with E-state index in [1.807, 2.05) is 64.0 Å². The maximum absolute atomic E-state index is 11.8. The molecule has 0 aliphatic heterocycles. The zero-order valence-corrected chi connectivity index (χ0v) is 11.8. The second-order valence-electron chi connectivity index (χ2n) is 4.97. The van der Waals surface area contributed by atoms with Crippen LogP contribution in [-0.2, 0) is 4.79 Å². The van der Waals surface area contributed by atoms with Crippen molar-refractivity contribution in [1.82, 2.24) is 5.32 Å². The highest BCUT2D eigenvalue weighted by molar-refractivity contribution is 5.84. The minimum atomic E-state index is -0.246. The molecule has 0 heterocycles. The highest BCUT2D eigenvalue weighted by Crippen LogP contribution is 2.17. The number of nitrogens with zero attached hydrogens (tertiary/aromatic N) is 1. The van der Waals surface area contributed by atoms with Crippen LogP contribution in [0.4, 0.5) is 11.4 Å². The zero-order chi connectivity index (χ0) is 13.7. The van der Waals surface area contributed by atoms with E-state index in [0.29, 0.717) is 0 Å². The summed E-state index contributed by atoms with van der Waals surface area (Å²) in [6.07, 6.45) is 0. The number of hydrogen-bond acceptors (Lipinski definition) is 3. The van der Waals surface area contributed by atoms with E-state index in [9.17, 15) is 4.79 Å². The number of hydrogen-bond donors (Lipinski definition) is 2. The Hall–Kier alpha value is -1.71. The fourth-order valence-electron chi connectivity index (χ4n) is 1.60. The number of anilines is 2. The van der Waals surface area contributed by atoms with Crippen LogP contribution >= 0.6 is 0 Å². The molecule has 2 N–H and O–H groups in total. The monoisotopic (exact) mass is 249 g/mol.